The third-order valence-electron chi connectivity index (χ3n) is 4.15. The Morgan fingerprint density at radius 2 is 1.45 bits per heavy atom. The van der Waals surface area contributed by atoms with Crippen LogP contribution in [-0.4, -0.2) is 15.5 Å². The zero-order chi connectivity index (χ0) is 21.0. The molecular weight excluding hydrogens is 393 g/mol. The highest BCUT2D eigenvalue weighted by Gasteiger charge is 2.21. The number of nitriles is 2. The fourth-order valence-electron chi connectivity index (χ4n) is 2.57. The fourth-order valence-corrected chi connectivity index (χ4v) is 3.76. The van der Waals surface area contributed by atoms with Crippen molar-refractivity contribution in [3.63, 3.8) is 0 Å². The molecule has 0 amide bonds. The first kappa shape index (κ1) is 19.9. The molecular formula is C21H14FN3O3S. The quantitative estimate of drug-likeness (QED) is 0.632. The Labute approximate surface area is 167 Å². The standard InChI is InChI=1S/C21H14FN3O3S/c1-25(29(26,27)20-11-5-17(22)6-12-20)18-7-9-19(10-8-18)28-21-15(13-23)3-2-4-16(21)14-24/h2-12H,1H3. The summed E-state index contributed by atoms with van der Waals surface area (Å²) in [6.07, 6.45) is 0. The summed E-state index contributed by atoms with van der Waals surface area (Å²) >= 11 is 0. The second-order valence-corrected chi connectivity index (χ2v) is 7.90. The smallest absolute Gasteiger partial charge is 0.264 e. The maximum Gasteiger partial charge on any atom is 0.264 e. The highest BCUT2D eigenvalue weighted by Crippen LogP contribution is 2.31. The molecule has 0 aromatic heterocycles. The Kier molecular flexibility index (Phi) is 5.49. The van der Waals surface area contributed by atoms with E-state index in [-0.39, 0.29) is 21.8 Å². The Hall–Kier alpha value is -3.88. The molecule has 0 radical (unpaired) electrons. The number of para-hydroxylation sites is 1. The van der Waals surface area contributed by atoms with Gasteiger partial charge in [0.1, 0.15) is 23.7 Å². The fraction of sp³-hybridized carbons (Fsp3) is 0.0476. The van der Waals surface area contributed by atoms with Gasteiger partial charge in [0.2, 0.25) is 0 Å². The van der Waals surface area contributed by atoms with Crippen molar-refractivity contribution in [2.45, 2.75) is 4.90 Å². The minimum atomic E-state index is -3.86. The second kappa shape index (κ2) is 8.01. The molecule has 0 heterocycles. The summed E-state index contributed by atoms with van der Waals surface area (Å²) in [4.78, 5) is -0.0386. The van der Waals surface area contributed by atoms with E-state index >= 15 is 0 Å². The zero-order valence-electron chi connectivity index (χ0n) is 15.2. The molecule has 29 heavy (non-hydrogen) atoms. The predicted molar refractivity (Wildman–Crippen MR) is 104 cm³/mol. The van der Waals surface area contributed by atoms with Gasteiger partial charge in [-0.1, -0.05) is 6.07 Å². The molecule has 0 saturated heterocycles. The molecule has 3 aromatic carbocycles. The van der Waals surface area contributed by atoms with Crippen LogP contribution in [-0.2, 0) is 10.0 Å². The van der Waals surface area contributed by atoms with Gasteiger partial charge in [-0.3, -0.25) is 4.31 Å². The van der Waals surface area contributed by atoms with Crippen LogP contribution in [0.3, 0.4) is 0 Å². The summed E-state index contributed by atoms with van der Waals surface area (Å²) in [5.41, 5.74) is 0.781. The van der Waals surface area contributed by atoms with Gasteiger partial charge in [-0.15, -0.1) is 0 Å². The molecule has 6 nitrogen and oxygen atoms in total. The molecule has 3 rings (SSSR count). The van der Waals surface area contributed by atoms with Gasteiger partial charge in [0.25, 0.3) is 10.0 Å². The van der Waals surface area contributed by atoms with E-state index in [2.05, 4.69) is 0 Å². The lowest BCUT2D eigenvalue weighted by molar-refractivity contribution is 0.479. The number of benzene rings is 3. The van der Waals surface area contributed by atoms with Gasteiger partial charge in [-0.05, 0) is 60.7 Å². The SMILES string of the molecule is CN(c1ccc(Oc2c(C#N)cccc2C#N)cc1)S(=O)(=O)c1ccc(F)cc1. The van der Waals surface area contributed by atoms with Crippen molar-refractivity contribution >= 4 is 15.7 Å². The Bertz CT molecular complexity index is 1190. The summed E-state index contributed by atoms with van der Waals surface area (Å²) < 4.78 is 45.2. The number of ether oxygens (including phenoxy) is 1. The van der Waals surface area contributed by atoms with E-state index in [0.717, 1.165) is 16.4 Å². The summed E-state index contributed by atoms with van der Waals surface area (Å²) in [5.74, 6) is -0.0550. The highest BCUT2D eigenvalue weighted by atomic mass is 32.2. The Morgan fingerprint density at radius 3 is 1.97 bits per heavy atom. The molecule has 0 aliphatic heterocycles. The lowest BCUT2D eigenvalue weighted by atomic mass is 10.1. The number of anilines is 1. The summed E-state index contributed by atoms with van der Waals surface area (Å²) in [6.45, 7) is 0. The van der Waals surface area contributed by atoms with Crippen LogP contribution in [0.1, 0.15) is 11.1 Å². The minimum Gasteiger partial charge on any atom is -0.455 e. The molecule has 0 spiro atoms. The van der Waals surface area contributed by atoms with E-state index < -0.39 is 15.8 Å². The number of nitrogens with zero attached hydrogens (tertiary/aromatic N) is 3. The monoisotopic (exact) mass is 407 g/mol. The van der Waals surface area contributed by atoms with Crippen LogP contribution in [0.15, 0.2) is 71.6 Å². The minimum absolute atomic E-state index is 0.0386. The van der Waals surface area contributed by atoms with Crippen molar-refractivity contribution in [3.8, 4) is 23.6 Å². The predicted octanol–water partition coefficient (Wildman–Crippen LogP) is 4.19. The number of rotatable bonds is 5. The molecule has 3 aromatic rings. The maximum absolute atomic E-state index is 13.1. The van der Waals surface area contributed by atoms with Crippen LogP contribution in [0.4, 0.5) is 10.1 Å². The van der Waals surface area contributed by atoms with Crippen molar-refractivity contribution in [1.82, 2.24) is 0 Å². The van der Waals surface area contributed by atoms with Crippen molar-refractivity contribution in [2.24, 2.45) is 0 Å². The van der Waals surface area contributed by atoms with Gasteiger partial charge in [-0.25, -0.2) is 12.8 Å². The summed E-state index contributed by atoms with van der Waals surface area (Å²) in [7, 11) is -2.48. The Morgan fingerprint density at radius 1 is 0.897 bits per heavy atom. The highest BCUT2D eigenvalue weighted by molar-refractivity contribution is 7.92. The van der Waals surface area contributed by atoms with Crippen molar-refractivity contribution < 1.29 is 17.5 Å². The molecule has 8 heteroatoms. The largest absolute Gasteiger partial charge is 0.455 e. The van der Waals surface area contributed by atoms with Crippen LogP contribution in [0.25, 0.3) is 0 Å². The van der Waals surface area contributed by atoms with E-state index in [0.29, 0.717) is 11.4 Å². The van der Waals surface area contributed by atoms with Crippen molar-refractivity contribution in [1.29, 1.82) is 10.5 Å². The topological polar surface area (TPSA) is 94.2 Å². The molecule has 0 saturated carbocycles. The molecule has 144 valence electrons. The first-order valence-corrected chi connectivity index (χ1v) is 9.76. The molecule has 0 N–H and O–H groups in total. The van der Waals surface area contributed by atoms with Crippen LogP contribution < -0.4 is 9.04 Å². The van der Waals surface area contributed by atoms with Crippen LogP contribution in [0.2, 0.25) is 0 Å². The van der Waals surface area contributed by atoms with E-state index in [1.807, 2.05) is 12.1 Å². The molecule has 0 bridgehead atoms. The van der Waals surface area contributed by atoms with Crippen LogP contribution in [0.5, 0.6) is 11.5 Å². The lowest BCUT2D eigenvalue weighted by Gasteiger charge is -2.20. The van der Waals surface area contributed by atoms with Gasteiger partial charge in [0.05, 0.1) is 21.7 Å². The maximum atomic E-state index is 13.1. The summed E-state index contributed by atoms with van der Waals surface area (Å²) in [6, 6.07) is 19.3. The normalized spacial score (nSPS) is 10.6. The number of halogens is 1. The van der Waals surface area contributed by atoms with Gasteiger partial charge in [0, 0.05) is 7.05 Å². The molecule has 0 fully saturated rings. The average molecular weight is 407 g/mol. The number of hydrogen-bond donors (Lipinski definition) is 0. The molecule has 0 unspecified atom stereocenters. The van der Waals surface area contributed by atoms with Crippen LogP contribution >= 0.6 is 0 Å². The lowest BCUT2D eigenvalue weighted by Crippen LogP contribution is -2.26. The molecule has 0 aliphatic carbocycles. The third kappa shape index (κ3) is 4.03. The van der Waals surface area contributed by atoms with Crippen molar-refractivity contribution in [3.05, 3.63) is 83.7 Å². The van der Waals surface area contributed by atoms with Gasteiger partial charge in [0.15, 0.2) is 5.75 Å². The zero-order valence-corrected chi connectivity index (χ0v) is 16.0. The second-order valence-electron chi connectivity index (χ2n) is 5.93. The van der Waals surface area contributed by atoms with Gasteiger partial charge in [-0.2, -0.15) is 10.5 Å². The number of hydrogen-bond acceptors (Lipinski definition) is 5. The average Bonchev–Trinajstić information content (AvgIpc) is 2.74. The third-order valence-corrected chi connectivity index (χ3v) is 5.95. The van der Waals surface area contributed by atoms with Gasteiger partial charge >= 0.3 is 0 Å². The number of sulfonamides is 1. The van der Waals surface area contributed by atoms with E-state index in [4.69, 9.17) is 4.74 Å². The van der Waals surface area contributed by atoms with Crippen molar-refractivity contribution in [2.75, 3.05) is 11.4 Å². The summed E-state index contributed by atoms with van der Waals surface area (Å²) in [5, 5.41) is 18.4. The van der Waals surface area contributed by atoms with Crippen LogP contribution in [0, 0.1) is 28.5 Å². The van der Waals surface area contributed by atoms with Gasteiger partial charge < -0.3 is 4.74 Å². The van der Waals surface area contributed by atoms with E-state index in [1.165, 1.54) is 55.6 Å². The Balaban J connectivity index is 1.87. The molecule has 0 aliphatic rings. The van der Waals surface area contributed by atoms with E-state index in [9.17, 15) is 23.3 Å². The van der Waals surface area contributed by atoms with E-state index in [1.54, 1.807) is 6.07 Å². The first-order chi connectivity index (χ1) is 13.9. The first-order valence-electron chi connectivity index (χ1n) is 8.32. The molecule has 0 atom stereocenters.